The number of anilines is 1. The van der Waals surface area contributed by atoms with Crippen LogP contribution in [0.2, 0.25) is 0 Å². The van der Waals surface area contributed by atoms with Crippen molar-refractivity contribution in [3.05, 3.63) is 66.2 Å². The van der Waals surface area contributed by atoms with Gasteiger partial charge < -0.3 is 5.73 Å². The van der Waals surface area contributed by atoms with Crippen LogP contribution in [0.5, 0.6) is 0 Å². The molecular weight excluding hydrogens is 314 g/mol. The van der Waals surface area contributed by atoms with E-state index in [2.05, 4.69) is 9.71 Å². The van der Waals surface area contributed by atoms with Crippen molar-refractivity contribution in [2.45, 2.75) is 4.90 Å². The molecular formula is C16H13N3O3S. The lowest BCUT2D eigenvalue weighted by Gasteiger charge is -2.11. The number of hydrogen-bond acceptors (Lipinski definition) is 4. The zero-order valence-electron chi connectivity index (χ0n) is 11.9. The molecule has 0 saturated carbocycles. The van der Waals surface area contributed by atoms with E-state index in [1.54, 1.807) is 42.5 Å². The molecule has 3 N–H and O–H groups in total. The molecule has 0 aliphatic carbocycles. The fourth-order valence-electron chi connectivity index (χ4n) is 2.17. The molecule has 6 nitrogen and oxygen atoms in total. The van der Waals surface area contributed by atoms with Gasteiger partial charge in [-0.25, -0.2) is 13.4 Å². The summed E-state index contributed by atoms with van der Waals surface area (Å²) in [6.07, 6.45) is 0. The Kier molecular flexibility index (Phi) is 3.71. The number of nitrogens with zero attached hydrogens (tertiary/aromatic N) is 1. The lowest BCUT2D eigenvalue weighted by Crippen LogP contribution is -2.19. The molecule has 0 spiro atoms. The minimum atomic E-state index is -3.86. The van der Waals surface area contributed by atoms with Gasteiger partial charge in [0.1, 0.15) is 0 Å². The molecule has 3 aromatic rings. The summed E-state index contributed by atoms with van der Waals surface area (Å²) in [6, 6.07) is 16.4. The van der Waals surface area contributed by atoms with Crippen LogP contribution in [-0.2, 0) is 10.0 Å². The second-order valence-electron chi connectivity index (χ2n) is 4.86. The number of sulfonamides is 1. The monoisotopic (exact) mass is 327 g/mol. The van der Waals surface area contributed by atoms with Crippen LogP contribution >= 0.6 is 0 Å². The fourth-order valence-corrected chi connectivity index (χ4v) is 3.21. The topological polar surface area (TPSA) is 102 Å². The van der Waals surface area contributed by atoms with Gasteiger partial charge in [0.05, 0.1) is 16.0 Å². The van der Waals surface area contributed by atoms with Crippen molar-refractivity contribution in [3.63, 3.8) is 0 Å². The maximum atomic E-state index is 12.4. The summed E-state index contributed by atoms with van der Waals surface area (Å²) in [5.74, 6) is -0.839. The minimum absolute atomic E-state index is 0.0169. The number of fused-ring (bicyclic) bond motifs is 1. The normalized spacial score (nSPS) is 11.3. The summed E-state index contributed by atoms with van der Waals surface area (Å²) in [5.41, 5.74) is 5.92. The van der Waals surface area contributed by atoms with Gasteiger partial charge in [-0.15, -0.1) is 0 Å². The Balaban J connectivity index is 2.12. The van der Waals surface area contributed by atoms with Crippen molar-refractivity contribution in [2.24, 2.45) is 5.73 Å². The number of aromatic nitrogens is 1. The summed E-state index contributed by atoms with van der Waals surface area (Å²) >= 11 is 0. The lowest BCUT2D eigenvalue weighted by molar-refractivity contribution is 0.100. The highest BCUT2D eigenvalue weighted by molar-refractivity contribution is 7.92. The van der Waals surface area contributed by atoms with E-state index >= 15 is 0 Å². The van der Waals surface area contributed by atoms with E-state index in [4.69, 9.17) is 5.73 Å². The van der Waals surface area contributed by atoms with Crippen LogP contribution in [0.4, 0.5) is 5.82 Å². The van der Waals surface area contributed by atoms with E-state index in [1.165, 1.54) is 18.2 Å². The Hall–Kier alpha value is -2.93. The maximum absolute atomic E-state index is 12.4. The molecule has 0 saturated heterocycles. The number of nitrogens with two attached hydrogens (primary N) is 1. The van der Waals surface area contributed by atoms with Gasteiger partial charge in [-0.2, -0.15) is 0 Å². The first-order valence-electron chi connectivity index (χ1n) is 6.75. The molecule has 2 aromatic carbocycles. The first-order chi connectivity index (χ1) is 11.0. The van der Waals surface area contributed by atoms with Crippen LogP contribution in [0.25, 0.3) is 10.9 Å². The average molecular weight is 327 g/mol. The zero-order chi connectivity index (χ0) is 16.4. The molecule has 0 atom stereocenters. The maximum Gasteiger partial charge on any atom is 0.263 e. The molecule has 0 fully saturated rings. The number of carbonyl (C=O) groups excluding carboxylic acids is 1. The predicted octanol–water partition coefficient (Wildman–Crippen LogP) is 2.13. The summed E-state index contributed by atoms with van der Waals surface area (Å²) in [6.45, 7) is 0. The molecule has 0 radical (unpaired) electrons. The molecule has 0 aliphatic heterocycles. The van der Waals surface area contributed by atoms with Gasteiger partial charge in [0.2, 0.25) is 0 Å². The number of pyridine rings is 1. The van der Waals surface area contributed by atoms with Crippen molar-refractivity contribution in [3.8, 4) is 0 Å². The van der Waals surface area contributed by atoms with Crippen molar-refractivity contribution < 1.29 is 13.2 Å². The van der Waals surface area contributed by atoms with Gasteiger partial charge in [-0.3, -0.25) is 9.52 Å². The highest BCUT2D eigenvalue weighted by Crippen LogP contribution is 2.22. The third kappa shape index (κ3) is 3.00. The van der Waals surface area contributed by atoms with E-state index in [0.717, 1.165) is 0 Å². The first kappa shape index (κ1) is 15.0. The molecule has 23 heavy (non-hydrogen) atoms. The van der Waals surface area contributed by atoms with Crippen molar-refractivity contribution in [1.29, 1.82) is 0 Å². The smallest absolute Gasteiger partial charge is 0.263 e. The SMILES string of the molecule is NC(=O)c1cc2ccccc2nc1NS(=O)(=O)c1ccccc1. The van der Waals surface area contributed by atoms with Crippen molar-refractivity contribution >= 4 is 32.7 Å². The van der Waals surface area contributed by atoms with Crippen LogP contribution < -0.4 is 10.5 Å². The van der Waals surface area contributed by atoms with Gasteiger partial charge in [-0.05, 0) is 24.3 Å². The van der Waals surface area contributed by atoms with E-state index in [9.17, 15) is 13.2 Å². The largest absolute Gasteiger partial charge is 0.365 e. The van der Waals surface area contributed by atoms with Crippen LogP contribution in [0.1, 0.15) is 10.4 Å². The van der Waals surface area contributed by atoms with E-state index in [0.29, 0.717) is 10.9 Å². The van der Waals surface area contributed by atoms with Crippen LogP contribution in [0.3, 0.4) is 0 Å². The zero-order valence-corrected chi connectivity index (χ0v) is 12.7. The second-order valence-corrected chi connectivity index (χ2v) is 6.54. The highest BCUT2D eigenvalue weighted by Gasteiger charge is 2.19. The highest BCUT2D eigenvalue weighted by atomic mass is 32.2. The summed E-state index contributed by atoms with van der Waals surface area (Å²) in [7, 11) is -3.86. The summed E-state index contributed by atoms with van der Waals surface area (Å²) < 4.78 is 27.2. The van der Waals surface area contributed by atoms with E-state index in [-0.39, 0.29) is 16.3 Å². The van der Waals surface area contributed by atoms with Gasteiger partial charge in [0.15, 0.2) is 5.82 Å². The van der Waals surface area contributed by atoms with Crippen molar-refractivity contribution in [1.82, 2.24) is 4.98 Å². The summed E-state index contributed by atoms with van der Waals surface area (Å²) in [5, 5.41) is 0.698. The average Bonchev–Trinajstić information content (AvgIpc) is 2.54. The number of primary amides is 1. The second kappa shape index (κ2) is 5.69. The molecule has 0 unspecified atom stereocenters. The minimum Gasteiger partial charge on any atom is -0.365 e. The van der Waals surface area contributed by atoms with E-state index < -0.39 is 15.9 Å². The molecule has 1 amide bonds. The van der Waals surface area contributed by atoms with E-state index in [1.807, 2.05) is 0 Å². The molecule has 116 valence electrons. The van der Waals surface area contributed by atoms with Gasteiger partial charge >= 0.3 is 0 Å². The number of para-hydroxylation sites is 1. The van der Waals surface area contributed by atoms with Crippen LogP contribution in [0.15, 0.2) is 65.6 Å². The Morgan fingerprint density at radius 3 is 2.35 bits per heavy atom. The lowest BCUT2D eigenvalue weighted by atomic mass is 10.1. The molecule has 1 aromatic heterocycles. The predicted molar refractivity (Wildman–Crippen MR) is 87.5 cm³/mol. The quantitative estimate of drug-likeness (QED) is 0.766. The Morgan fingerprint density at radius 2 is 1.65 bits per heavy atom. The number of rotatable bonds is 4. The Bertz CT molecular complexity index is 986. The standard InChI is InChI=1S/C16H13N3O3S/c17-15(20)13-10-11-6-4-5-9-14(11)18-16(13)19-23(21,22)12-7-2-1-3-8-12/h1-10H,(H2,17,20)(H,18,19). The third-order valence-electron chi connectivity index (χ3n) is 3.27. The molecule has 0 aliphatic rings. The number of nitrogens with one attached hydrogen (secondary N) is 1. The first-order valence-corrected chi connectivity index (χ1v) is 8.23. The summed E-state index contributed by atoms with van der Waals surface area (Å²) in [4.78, 5) is 15.9. The van der Waals surface area contributed by atoms with Crippen molar-refractivity contribution in [2.75, 3.05) is 4.72 Å². The number of hydrogen-bond donors (Lipinski definition) is 2. The molecule has 1 heterocycles. The van der Waals surface area contributed by atoms with Gasteiger partial charge in [0.25, 0.3) is 15.9 Å². The van der Waals surface area contributed by atoms with Gasteiger partial charge in [-0.1, -0.05) is 36.4 Å². The molecule has 0 bridgehead atoms. The number of carbonyl (C=O) groups is 1. The molecule has 3 rings (SSSR count). The Morgan fingerprint density at radius 1 is 1.00 bits per heavy atom. The number of amides is 1. The van der Waals surface area contributed by atoms with Crippen LogP contribution in [0, 0.1) is 0 Å². The van der Waals surface area contributed by atoms with Gasteiger partial charge in [0, 0.05) is 5.39 Å². The molecule has 7 heteroatoms. The number of benzene rings is 2. The van der Waals surface area contributed by atoms with Crippen LogP contribution in [-0.4, -0.2) is 19.3 Å². The third-order valence-corrected chi connectivity index (χ3v) is 4.63. The Labute approximate surface area is 133 Å². The fraction of sp³-hybridized carbons (Fsp3) is 0.